The van der Waals surface area contributed by atoms with Gasteiger partial charge in [-0.25, -0.2) is 23.2 Å². The van der Waals surface area contributed by atoms with Crippen molar-refractivity contribution in [1.82, 2.24) is 25.0 Å². The Morgan fingerprint density at radius 3 is 2.44 bits per heavy atom. The summed E-state index contributed by atoms with van der Waals surface area (Å²) >= 11 is 0. The van der Waals surface area contributed by atoms with Crippen LogP contribution < -0.4 is 16.1 Å². The summed E-state index contributed by atoms with van der Waals surface area (Å²) < 4.78 is 26.1. The number of piperidine rings is 2. The van der Waals surface area contributed by atoms with E-state index in [1.165, 1.54) is 24.0 Å². The second-order valence-electron chi connectivity index (χ2n) is 10.9. The number of sulfonamides is 1. The van der Waals surface area contributed by atoms with Gasteiger partial charge in [-0.3, -0.25) is 9.69 Å². The van der Waals surface area contributed by atoms with Crippen LogP contribution in [0.4, 0.5) is 5.69 Å². The lowest BCUT2D eigenvalue weighted by Crippen LogP contribution is -2.62. The van der Waals surface area contributed by atoms with Crippen LogP contribution in [0.15, 0.2) is 59.5 Å². The van der Waals surface area contributed by atoms with Crippen molar-refractivity contribution in [1.29, 1.82) is 5.26 Å². The van der Waals surface area contributed by atoms with E-state index in [1.807, 2.05) is 6.07 Å². The van der Waals surface area contributed by atoms with Crippen molar-refractivity contribution in [3.63, 3.8) is 0 Å². The first-order chi connectivity index (χ1) is 18.7. The molecule has 0 spiro atoms. The summed E-state index contributed by atoms with van der Waals surface area (Å²) in [5, 5.41) is 18.5. The van der Waals surface area contributed by atoms with Gasteiger partial charge in [0.1, 0.15) is 6.17 Å². The topological polar surface area (TPSA) is 121 Å². The van der Waals surface area contributed by atoms with E-state index >= 15 is 0 Å². The zero-order valence-electron chi connectivity index (χ0n) is 22.5. The molecule has 3 aliphatic rings. The van der Waals surface area contributed by atoms with Gasteiger partial charge in [0.2, 0.25) is 15.9 Å². The van der Waals surface area contributed by atoms with Crippen molar-refractivity contribution in [3.8, 4) is 6.07 Å². The van der Waals surface area contributed by atoms with Gasteiger partial charge in [-0.1, -0.05) is 30.3 Å². The van der Waals surface area contributed by atoms with Gasteiger partial charge in [0.05, 0.1) is 28.8 Å². The van der Waals surface area contributed by atoms with E-state index in [-0.39, 0.29) is 34.5 Å². The molecule has 3 unspecified atom stereocenters. The molecule has 3 heterocycles. The van der Waals surface area contributed by atoms with Gasteiger partial charge in [0, 0.05) is 52.0 Å². The van der Waals surface area contributed by atoms with Gasteiger partial charge in [0.25, 0.3) is 0 Å². The second kappa shape index (κ2) is 11.2. The zero-order chi connectivity index (χ0) is 27.6. The number of nitrogens with zero attached hydrogens (tertiary/aromatic N) is 4. The molecule has 3 atom stereocenters. The van der Waals surface area contributed by atoms with Crippen molar-refractivity contribution < 1.29 is 13.2 Å². The fourth-order valence-corrected chi connectivity index (χ4v) is 7.05. The third kappa shape index (κ3) is 5.53. The highest BCUT2D eigenvalue weighted by atomic mass is 32.2. The van der Waals surface area contributed by atoms with E-state index in [4.69, 9.17) is 0 Å². The van der Waals surface area contributed by atoms with E-state index in [0.29, 0.717) is 13.0 Å². The Balaban J connectivity index is 1.34. The molecule has 2 aromatic carbocycles. The highest BCUT2D eigenvalue weighted by Gasteiger charge is 2.54. The molecule has 0 aliphatic carbocycles. The molecular formula is C28H37N7O3S. The Hall–Kier alpha value is -3.01. The predicted molar refractivity (Wildman–Crippen MR) is 149 cm³/mol. The number of nitriles is 1. The first kappa shape index (κ1) is 27.6. The van der Waals surface area contributed by atoms with Crippen molar-refractivity contribution in [2.75, 3.05) is 39.0 Å². The number of anilines is 1. The Bertz CT molecular complexity index is 1300. The summed E-state index contributed by atoms with van der Waals surface area (Å²) in [4.78, 5) is 15.8. The number of carbonyl (C=O) groups excluding carboxylic acids is 1. The van der Waals surface area contributed by atoms with E-state index < -0.39 is 10.0 Å². The number of carbonyl (C=O) groups is 1. The number of hydrogen-bond acceptors (Lipinski definition) is 8. The van der Waals surface area contributed by atoms with Crippen LogP contribution in [0.3, 0.4) is 0 Å². The quantitative estimate of drug-likeness (QED) is 0.455. The van der Waals surface area contributed by atoms with E-state index in [9.17, 15) is 18.5 Å². The number of hydrazine groups is 1. The lowest BCUT2D eigenvalue weighted by Gasteiger charge is -2.49. The molecule has 0 saturated carbocycles. The number of nitrogens with one attached hydrogen (secondary N) is 3. The Morgan fingerprint density at radius 1 is 1.10 bits per heavy atom. The van der Waals surface area contributed by atoms with Crippen LogP contribution in [0.2, 0.25) is 0 Å². The number of hydrogen-bond donors (Lipinski definition) is 3. The van der Waals surface area contributed by atoms with Crippen molar-refractivity contribution in [3.05, 3.63) is 60.2 Å². The first-order valence-corrected chi connectivity index (χ1v) is 14.9. The number of benzene rings is 2. The smallest absolute Gasteiger partial charge is 0.242 e. The fourth-order valence-electron chi connectivity index (χ4n) is 6.15. The molecule has 1 amide bonds. The molecular weight excluding hydrogens is 514 g/mol. The predicted octanol–water partition coefficient (Wildman–Crippen LogP) is 1.95. The maximum absolute atomic E-state index is 13.1. The average molecular weight is 552 g/mol. The SMILES string of the molecule is CN(C)S(=O)(=O)c1ccc(NC2NN(C3(CC#N)CCN(Cc4ccccc4)CC3)C3CCNC(=O)C23)cc1. The third-order valence-corrected chi connectivity index (χ3v) is 10.2. The van der Waals surface area contributed by atoms with Gasteiger partial charge in [-0.15, -0.1) is 0 Å². The van der Waals surface area contributed by atoms with E-state index in [2.05, 4.69) is 56.3 Å². The molecule has 0 bridgehead atoms. The summed E-state index contributed by atoms with van der Waals surface area (Å²) in [6.45, 7) is 3.23. The minimum atomic E-state index is -3.53. The maximum Gasteiger partial charge on any atom is 0.242 e. The Labute approximate surface area is 231 Å². The lowest BCUT2D eigenvalue weighted by atomic mass is 9.81. The van der Waals surface area contributed by atoms with Crippen LogP contribution >= 0.6 is 0 Å². The molecule has 3 N–H and O–H groups in total. The molecule has 11 heteroatoms. The van der Waals surface area contributed by atoms with Crippen LogP contribution in [-0.4, -0.2) is 80.0 Å². The van der Waals surface area contributed by atoms with Crippen molar-refractivity contribution in [2.24, 2.45) is 5.92 Å². The lowest BCUT2D eigenvalue weighted by molar-refractivity contribution is -0.128. The Kier molecular flexibility index (Phi) is 7.94. The first-order valence-electron chi connectivity index (χ1n) is 13.5. The number of amides is 1. The molecule has 10 nitrogen and oxygen atoms in total. The van der Waals surface area contributed by atoms with Crippen LogP contribution in [0.5, 0.6) is 0 Å². The molecule has 3 aliphatic heterocycles. The van der Waals surface area contributed by atoms with E-state index in [1.54, 1.807) is 24.3 Å². The zero-order valence-corrected chi connectivity index (χ0v) is 23.3. The highest BCUT2D eigenvalue weighted by Crippen LogP contribution is 2.40. The fraction of sp³-hybridized carbons (Fsp3) is 0.500. The normalized spacial score (nSPS) is 25.6. The molecule has 39 heavy (non-hydrogen) atoms. The monoisotopic (exact) mass is 551 g/mol. The molecule has 208 valence electrons. The average Bonchev–Trinajstić information content (AvgIpc) is 3.31. The number of likely N-dealkylation sites (tertiary alicyclic amines) is 1. The molecule has 3 fully saturated rings. The van der Waals surface area contributed by atoms with Crippen LogP contribution in [-0.2, 0) is 21.4 Å². The minimum Gasteiger partial charge on any atom is -0.368 e. The third-order valence-electron chi connectivity index (χ3n) is 8.34. The summed E-state index contributed by atoms with van der Waals surface area (Å²) in [5.41, 5.74) is 5.23. The van der Waals surface area contributed by atoms with Gasteiger partial charge < -0.3 is 10.6 Å². The van der Waals surface area contributed by atoms with Gasteiger partial charge in [-0.2, -0.15) is 5.26 Å². The van der Waals surface area contributed by atoms with Gasteiger partial charge >= 0.3 is 0 Å². The largest absolute Gasteiger partial charge is 0.368 e. The highest BCUT2D eigenvalue weighted by molar-refractivity contribution is 7.89. The molecule has 0 radical (unpaired) electrons. The molecule has 0 aromatic heterocycles. The molecule has 2 aromatic rings. The maximum atomic E-state index is 13.1. The minimum absolute atomic E-state index is 0.0147. The van der Waals surface area contributed by atoms with Crippen LogP contribution in [0.1, 0.15) is 31.2 Å². The van der Waals surface area contributed by atoms with Gasteiger partial charge in [-0.05, 0) is 49.1 Å². The van der Waals surface area contributed by atoms with Crippen LogP contribution in [0, 0.1) is 17.2 Å². The number of rotatable bonds is 8. The molecule has 5 rings (SSSR count). The van der Waals surface area contributed by atoms with Crippen molar-refractivity contribution >= 4 is 21.6 Å². The van der Waals surface area contributed by atoms with Crippen LogP contribution in [0.25, 0.3) is 0 Å². The van der Waals surface area contributed by atoms with E-state index in [0.717, 1.165) is 44.6 Å². The summed E-state index contributed by atoms with van der Waals surface area (Å²) in [6, 6.07) is 19.4. The standard InChI is InChI=1S/C28H37N7O3S/c1-33(2)39(37,38)23-10-8-22(9-11-23)31-26-25-24(12-17-30-27(25)36)35(32-26)28(13-16-29)14-18-34(19-15-28)20-21-6-4-3-5-7-21/h3-11,24-26,31-32H,12-15,17-20H2,1-2H3,(H,30,36). The summed E-state index contributed by atoms with van der Waals surface area (Å²) in [7, 11) is -0.521. The Morgan fingerprint density at radius 2 is 1.79 bits per heavy atom. The second-order valence-corrected chi connectivity index (χ2v) is 13.1. The summed E-state index contributed by atoms with van der Waals surface area (Å²) in [6.07, 6.45) is 2.45. The summed E-state index contributed by atoms with van der Waals surface area (Å²) in [5.74, 6) is -0.360. The number of fused-ring (bicyclic) bond motifs is 1. The van der Waals surface area contributed by atoms with Crippen molar-refractivity contribution in [2.45, 2.75) is 54.9 Å². The molecule has 3 saturated heterocycles. The van der Waals surface area contributed by atoms with Gasteiger partial charge in [0.15, 0.2) is 0 Å².